The van der Waals surface area contributed by atoms with Crippen LogP contribution in [0.15, 0.2) is 5.16 Å². The maximum Gasteiger partial charge on any atom is 0.313 e. The van der Waals surface area contributed by atoms with Crippen molar-refractivity contribution in [2.45, 2.75) is 31.5 Å². The second-order valence-corrected chi connectivity index (χ2v) is 4.55. The normalized spacial score (nSPS) is 12.6. The van der Waals surface area contributed by atoms with Crippen LogP contribution in [0.1, 0.15) is 25.7 Å². The molecule has 1 aromatic rings. The zero-order chi connectivity index (χ0) is 12.8. The van der Waals surface area contributed by atoms with Gasteiger partial charge in [0.2, 0.25) is 0 Å². The van der Waals surface area contributed by atoms with Gasteiger partial charge in [-0.25, -0.2) is 0 Å². The minimum absolute atomic E-state index is 0.0124. The van der Waals surface area contributed by atoms with Crippen molar-refractivity contribution in [1.29, 1.82) is 0 Å². The van der Waals surface area contributed by atoms with Gasteiger partial charge in [-0.3, -0.25) is 4.79 Å². The summed E-state index contributed by atoms with van der Waals surface area (Å²) in [6.07, 6.45) is 0.759. The number of hydrogen-bond donors (Lipinski definition) is 1. The van der Waals surface area contributed by atoms with E-state index in [0.717, 1.165) is 12.2 Å². The van der Waals surface area contributed by atoms with E-state index in [-0.39, 0.29) is 11.8 Å². The van der Waals surface area contributed by atoms with Crippen LogP contribution in [0.3, 0.4) is 0 Å². The van der Waals surface area contributed by atoms with E-state index >= 15 is 0 Å². The van der Waals surface area contributed by atoms with E-state index in [1.165, 1.54) is 11.8 Å². The monoisotopic (exact) mass is 259 g/mol. The summed E-state index contributed by atoms with van der Waals surface area (Å²) in [4.78, 5) is 10.6. The molecule has 0 aliphatic rings. The number of aryl methyl sites for hydroxylation is 1. The highest BCUT2D eigenvalue weighted by Crippen LogP contribution is 2.22. The van der Waals surface area contributed by atoms with Crippen LogP contribution in [0.2, 0.25) is 0 Å². The molecule has 0 aromatic carbocycles. The summed E-state index contributed by atoms with van der Waals surface area (Å²) < 4.78 is 7.05. The fraction of sp³-hybridized carbons (Fsp3) is 0.700. The fourth-order valence-corrected chi connectivity index (χ4v) is 2.31. The summed E-state index contributed by atoms with van der Waals surface area (Å²) >= 11 is 1.18. The molecule has 7 heteroatoms. The van der Waals surface area contributed by atoms with Crippen LogP contribution < -0.4 is 0 Å². The summed E-state index contributed by atoms with van der Waals surface area (Å²) in [5, 5.41) is 17.4. The topological polar surface area (TPSA) is 77.2 Å². The molecule has 6 nitrogen and oxygen atoms in total. The zero-order valence-corrected chi connectivity index (χ0v) is 11.0. The third-order valence-electron chi connectivity index (χ3n) is 2.22. The van der Waals surface area contributed by atoms with E-state index in [2.05, 4.69) is 10.2 Å². The number of methoxy groups -OCH3 is 1. The number of hydrogen-bond acceptors (Lipinski definition) is 5. The minimum Gasteiger partial charge on any atom is -0.481 e. The van der Waals surface area contributed by atoms with Gasteiger partial charge in [0.15, 0.2) is 5.16 Å². The lowest BCUT2D eigenvalue weighted by atomic mass is 10.3. The highest BCUT2D eigenvalue weighted by atomic mass is 32.2. The summed E-state index contributed by atoms with van der Waals surface area (Å²) in [7, 11) is 1.64. The Labute approximate surface area is 104 Å². The molecule has 0 bridgehead atoms. The highest BCUT2D eigenvalue weighted by molar-refractivity contribution is 7.99. The minimum atomic E-state index is -0.859. The van der Waals surface area contributed by atoms with Crippen LogP contribution >= 0.6 is 11.8 Å². The van der Waals surface area contributed by atoms with Gasteiger partial charge >= 0.3 is 5.97 Å². The number of carboxylic acids is 1. The largest absolute Gasteiger partial charge is 0.481 e. The van der Waals surface area contributed by atoms with Crippen molar-refractivity contribution in [2.75, 3.05) is 19.5 Å². The number of rotatable bonds is 7. The molecular formula is C10H17N3O3S. The first-order chi connectivity index (χ1) is 8.10. The van der Waals surface area contributed by atoms with E-state index in [0.29, 0.717) is 11.8 Å². The van der Waals surface area contributed by atoms with Crippen molar-refractivity contribution >= 4 is 17.7 Å². The third-order valence-corrected chi connectivity index (χ3v) is 3.15. The van der Waals surface area contributed by atoms with Gasteiger partial charge in [0.1, 0.15) is 5.82 Å². The molecule has 0 spiro atoms. The Kier molecular flexibility index (Phi) is 5.43. The Morgan fingerprint density at radius 2 is 2.29 bits per heavy atom. The molecule has 0 aliphatic carbocycles. The van der Waals surface area contributed by atoms with E-state index in [1.54, 1.807) is 7.11 Å². The standard InChI is InChI=1S/C10H17N3O3S/c1-4-8-11-12-10(17-6-9(14)15)13(8)7(2)5-16-3/h7H,4-6H2,1-3H3,(H,14,15). The van der Waals surface area contributed by atoms with Crippen LogP contribution in [0, 0.1) is 0 Å². The van der Waals surface area contributed by atoms with Crippen LogP contribution in [-0.2, 0) is 16.0 Å². The van der Waals surface area contributed by atoms with E-state index < -0.39 is 5.97 Å². The molecule has 17 heavy (non-hydrogen) atoms. The number of aromatic nitrogens is 3. The fourth-order valence-electron chi connectivity index (χ4n) is 1.53. The number of thioether (sulfide) groups is 1. The molecule has 96 valence electrons. The molecule has 1 N–H and O–H groups in total. The molecule has 1 heterocycles. The Balaban J connectivity index is 2.88. The Hall–Kier alpha value is -1.08. The summed E-state index contributed by atoms with van der Waals surface area (Å²) in [5.41, 5.74) is 0. The predicted octanol–water partition coefficient (Wildman–Crippen LogP) is 1.22. The molecule has 1 aromatic heterocycles. The molecule has 1 atom stereocenters. The maximum atomic E-state index is 10.6. The second kappa shape index (κ2) is 6.61. The van der Waals surface area contributed by atoms with Crippen LogP contribution in [0.25, 0.3) is 0 Å². The van der Waals surface area contributed by atoms with Gasteiger partial charge in [-0.1, -0.05) is 18.7 Å². The zero-order valence-electron chi connectivity index (χ0n) is 10.2. The van der Waals surface area contributed by atoms with Gasteiger partial charge in [-0.15, -0.1) is 10.2 Å². The average molecular weight is 259 g/mol. The number of nitrogens with zero attached hydrogens (tertiary/aromatic N) is 3. The summed E-state index contributed by atoms with van der Waals surface area (Å²) in [6.45, 7) is 4.54. The quantitative estimate of drug-likeness (QED) is 0.742. The Bertz CT molecular complexity index is 381. The number of aliphatic carboxylic acids is 1. The average Bonchev–Trinajstić information content (AvgIpc) is 2.69. The molecule has 0 saturated heterocycles. The maximum absolute atomic E-state index is 10.6. The van der Waals surface area contributed by atoms with E-state index in [9.17, 15) is 4.79 Å². The summed E-state index contributed by atoms with van der Waals surface area (Å²) in [5.74, 6) is -0.0221. The van der Waals surface area contributed by atoms with Gasteiger partial charge in [0.25, 0.3) is 0 Å². The van der Waals surface area contributed by atoms with Gasteiger partial charge in [-0.05, 0) is 6.92 Å². The number of carboxylic acid groups (broad SMARTS) is 1. The van der Waals surface area contributed by atoms with Crippen molar-refractivity contribution < 1.29 is 14.6 Å². The first-order valence-electron chi connectivity index (χ1n) is 5.37. The number of ether oxygens (including phenoxy) is 1. The first-order valence-corrected chi connectivity index (χ1v) is 6.36. The Morgan fingerprint density at radius 1 is 1.59 bits per heavy atom. The molecule has 1 unspecified atom stereocenters. The van der Waals surface area contributed by atoms with Gasteiger partial charge in [0, 0.05) is 13.5 Å². The van der Waals surface area contributed by atoms with Crippen LogP contribution in [0.4, 0.5) is 0 Å². The van der Waals surface area contributed by atoms with Gasteiger partial charge in [-0.2, -0.15) is 0 Å². The van der Waals surface area contributed by atoms with Crippen molar-refractivity contribution in [1.82, 2.24) is 14.8 Å². The van der Waals surface area contributed by atoms with E-state index in [4.69, 9.17) is 9.84 Å². The molecule has 0 aliphatic heterocycles. The first kappa shape index (κ1) is 14.0. The molecular weight excluding hydrogens is 242 g/mol. The third kappa shape index (κ3) is 3.71. The second-order valence-electron chi connectivity index (χ2n) is 3.61. The van der Waals surface area contributed by atoms with E-state index in [1.807, 2.05) is 18.4 Å². The van der Waals surface area contributed by atoms with Crippen LogP contribution in [-0.4, -0.2) is 45.3 Å². The SMILES string of the molecule is CCc1nnc(SCC(=O)O)n1C(C)COC. The molecule has 0 radical (unpaired) electrons. The predicted molar refractivity (Wildman–Crippen MR) is 64.3 cm³/mol. The molecule has 1 rings (SSSR count). The smallest absolute Gasteiger partial charge is 0.313 e. The Morgan fingerprint density at radius 3 is 2.82 bits per heavy atom. The van der Waals surface area contributed by atoms with Gasteiger partial charge < -0.3 is 14.4 Å². The molecule has 0 fully saturated rings. The lowest BCUT2D eigenvalue weighted by molar-refractivity contribution is -0.133. The van der Waals surface area contributed by atoms with Crippen molar-refractivity contribution in [3.63, 3.8) is 0 Å². The van der Waals surface area contributed by atoms with Crippen molar-refractivity contribution in [2.24, 2.45) is 0 Å². The molecule has 0 amide bonds. The number of carbonyl (C=O) groups is 1. The lowest BCUT2D eigenvalue weighted by Crippen LogP contribution is -2.15. The van der Waals surface area contributed by atoms with Crippen molar-refractivity contribution in [3.05, 3.63) is 5.82 Å². The highest BCUT2D eigenvalue weighted by Gasteiger charge is 2.17. The molecule has 0 saturated carbocycles. The van der Waals surface area contributed by atoms with Gasteiger partial charge in [0.05, 0.1) is 18.4 Å². The van der Waals surface area contributed by atoms with Crippen molar-refractivity contribution in [3.8, 4) is 0 Å². The van der Waals surface area contributed by atoms with Crippen LogP contribution in [0.5, 0.6) is 0 Å². The summed E-state index contributed by atoms with van der Waals surface area (Å²) in [6, 6.07) is 0.0984. The lowest BCUT2D eigenvalue weighted by Gasteiger charge is -2.16.